The molecule has 1 unspecified atom stereocenters. The van der Waals surface area contributed by atoms with Gasteiger partial charge in [-0.1, -0.05) is 58.0 Å². The van der Waals surface area contributed by atoms with Crippen molar-refractivity contribution in [2.75, 3.05) is 18.5 Å². The van der Waals surface area contributed by atoms with E-state index in [0.717, 1.165) is 16.8 Å². The summed E-state index contributed by atoms with van der Waals surface area (Å²) >= 11 is 0. The highest BCUT2D eigenvalue weighted by molar-refractivity contribution is 5.95. The van der Waals surface area contributed by atoms with E-state index in [1.165, 1.54) is 0 Å². The summed E-state index contributed by atoms with van der Waals surface area (Å²) in [5.41, 5.74) is 1.96. The van der Waals surface area contributed by atoms with Gasteiger partial charge in [0.15, 0.2) is 17.7 Å². The van der Waals surface area contributed by atoms with E-state index in [0.29, 0.717) is 11.3 Å². The topological polar surface area (TPSA) is 175 Å². The molecule has 1 aromatic heterocycles. The molecule has 6 N–H and O–H groups in total. The van der Waals surface area contributed by atoms with Gasteiger partial charge in [-0.25, -0.2) is 4.98 Å². The van der Waals surface area contributed by atoms with E-state index in [4.69, 9.17) is 9.15 Å². The lowest BCUT2D eigenvalue weighted by atomic mass is 9.72. The van der Waals surface area contributed by atoms with E-state index in [-0.39, 0.29) is 48.8 Å². The van der Waals surface area contributed by atoms with Crippen LogP contribution in [0.15, 0.2) is 46.9 Å². The van der Waals surface area contributed by atoms with Crippen molar-refractivity contribution < 1.29 is 33.8 Å². The number of carbonyl (C=O) groups is 3. The SMILES string of the molecule is CC(C)[C@H](O)C(=O)N[C@H]1Cc2ccc3c(c2)C2(c4ccccc4N[C@H]2O3)c2oc(nc2C(=O)NCCO)[C@H](C(C)C)NC1=O. The van der Waals surface area contributed by atoms with Crippen LogP contribution in [0.25, 0.3) is 0 Å². The average Bonchev–Trinajstić information content (AvgIpc) is 3.66. The number of fused-ring (bicyclic) bond motifs is 4. The summed E-state index contributed by atoms with van der Waals surface area (Å²) in [5.74, 6) is -1.31. The Morgan fingerprint density at radius 3 is 2.61 bits per heavy atom. The van der Waals surface area contributed by atoms with Gasteiger partial charge < -0.3 is 40.6 Å². The summed E-state index contributed by atoms with van der Waals surface area (Å²) in [4.78, 5) is 45.1. The Hall–Kier alpha value is -4.42. The van der Waals surface area contributed by atoms with E-state index in [2.05, 4.69) is 26.3 Å². The maximum Gasteiger partial charge on any atom is 0.273 e. The Balaban J connectivity index is 1.59. The van der Waals surface area contributed by atoms with Gasteiger partial charge in [-0.2, -0.15) is 0 Å². The molecule has 12 nitrogen and oxygen atoms in total. The van der Waals surface area contributed by atoms with Gasteiger partial charge in [0, 0.05) is 24.2 Å². The zero-order valence-corrected chi connectivity index (χ0v) is 25.0. The van der Waals surface area contributed by atoms with Crippen molar-refractivity contribution in [3.63, 3.8) is 0 Å². The first-order valence-corrected chi connectivity index (χ1v) is 14.9. The second-order valence-corrected chi connectivity index (χ2v) is 12.2. The average molecular weight is 604 g/mol. The number of ether oxygens (including phenoxy) is 1. The van der Waals surface area contributed by atoms with Crippen LogP contribution in [0.2, 0.25) is 0 Å². The molecule has 5 atom stereocenters. The quantitative estimate of drug-likeness (QED) is 0.235. The van der Waals surface area contributed by atoms with Crippen LogP contribution in [0, 0.1) is 11.8 Å². The summed E-state index contributed by atoms with van der Waals surface area (Å²) in [6.45, 7) is 6.96. The molecule has 4 bridgehead atoms. The van der Waals surface area contributed by atoms with Crippen LogP contribution in [0.1, 0.15) is 72.6 Å². The van der Waals surface area contributed by atoms with Crippen LogP contribution < -0.4 is 26.0 Å². The smallest absolute Gasteiger partial charge is 0.273 e. The number of rotatable bonds is 7. The highest BCUT2D eigenvalue weighted by atomic mass is 16.5. The number of hydrogen-bond donors (Lipinski definition) is 6. The van der Waals surface area contributed by atoms with Crippen LogP contribution >= 0.6 is 0 Å². The van der Waals surface area contributed by atoms with Crippen LogP contribution in [-0.4, -0.2) is 64.4 Å². The number of para-hydroxylation sites is 1. The number of hydrogen-bond acceptors (Lipinski definition) is 9. The zero-order valence-electron chi connectivity index (χ0n) is 25.0. The molecule has 232 valence electrons. The third-order valence-electron chi connectivity index (χ3n) is 8.56. The lowest BCUT2D eigenvalue weighted by Gasteiger charge is -2.29. The number of aliphatic hydroxyl groups is 2. The van der Waals surface area contributed by atoms with E-state index in [1.54, 1.807) is 19.9 Å². The molecule has 44 heavy (non-hydrogen) atoms. The molecule has 12 heteroatoms. The van der Waals surface area contributed by atoms with E-state index in [9.17, 15) is 24.6 Å². The van der Waals surface area contributed by atoms with Crippen LogP contribution in [0.4, 0.5) is 5.69 Å². The number of oxazole rings is 1. The van der Waals surface area contributed by atoms with Gasteiger partial charge in [0.05, 0.1) is 6.61 Å². The van der Waals surface area contributed by atoms with Gasteiger partial charge in [-0.3, -0.25) is 14.4 Å². The maximum atomic E-state index is 13.8. The van der Waals surface area contributed by atoms with Crippen molar-refractivity contribution in [2.45, 2.75) is 63.9 Å². The van der Waals surface area contributed by atoms with Crippen LogP contribution in [0.5, 0.6) is 5.75 Å². The predicted molar refractivity (Wildman–Crippen MR) is 159 cm³/mol. The Bertz CT molecular complexity index is 1620. The summed E-state index contributed by atoms with van der Waals surface area (Å²) in [6.07, 6.45) is -1.84. The van der Waals surface area contributed by atoms with E-state index < -0.39 is 47.6 Å². The van der Waals surface area contributed by atoms with Gasteiger partial charge >= 0.3 is 0 Å². The highest BCUT2D eigenvalue weighted by Gasteiger charge is 2.61. The third-order valence-corrected chi connectivity index (χ3v) is 8.56. The largest absolute Gasteiger partial charge is 0.469 e. The number of benzene rings is 2. The standard InChI is InChI=1S/C32H37N5O7/c1-15(2)23-30-37-24(28(41)33-11-12-38)26(44-30)32-18-7-5-6-8-20(18)35-31(32)43-22-10-9-17(13-19(22)32)14-21(27(40)36-23)34-29(42)25(39)16(3)4/h5-10,13,15-16,21,23,25,31,35,38-39H,11-12,14H2,1-4H3,(H,33,41)(H,34,42)(H,36,40)/t21-,23-,25-,31-,32?/m0/s1. The maximum absolute atomic E-state index is 13.8. The molecule has 0 saturated carbocycles. The lowest BCUT2D eigenvalue weighted by Crippen LogP contribution is -2.52. The second-order valence-electron chi connectivity index (χ2n) is 12.2. The fourth-order valence-electron chi connectivity index (χ4n) is 6.27. The first-order valence-electron chi connectivity index (χ1n) is 14.9. The number of anilines is 1. The fourth-order valence-corrected chi connectivity index (χ4v) is 6.27. The summed E-state index contributed by atoms with van der Waals surface area (Å²) in [6, 6.07) is 11.4. The monoisotopic (exact) mass is 603 g/mol. The zero-order chi connectivity index (χ0) is 31.3. The van der Waals surface area contributed by atoms with Gasteiger partial charge in [0.1, 0.15) is 29.4 Å². The molecule has 0 fully saturated rings. The molecule has 3 amide bonds. The number of nitrogens with one attached hydrogen (secondary N) is 4. The molecule has 3 aromatic rings. The third kappa shape index (κ3) is 4.69. The molecular weight excluding hydrogens is 566 g/mol. The fraction of sp³-hybridized carbons (Fsp3) is 0.438. The second kappa shape index (κ2) is 11.3. The van der Waals surface area contributed by atoms with Crippen molar-refractivity contribution >= 4 is 23.4 Å². The van der Waals surface area contributed by atoms with Crippen LogP contribution in [0.3, 0.4) is 0 Å². The minimum absolute atomic E-state index is 0.0108. The number of aromatic nitrogens is 1. The Labute approximate surface area is 254 Å². The molecule has 0 aliphatic carbocycles. The summed E-state index contributed by atoms with van der Waals surface area (Å²) < 4.78 is 13.1. The van der Waals surface area contributed by atoms with Crippen molar-refractivity contribution in [3.8, 4) is 5.75 Å². The van der Waals surface area contributed by atoms with Crippen LogP contribution in [-0.2, 0) is 21.4 Å². The summed E-state index contributed by atoms with van der Waals surface area (Å²) in [5, 5.41) is 31.7. The normalized spacial score (nSPS) is 23.8. The minimum Gasteiger partial charge on any atom is -0.469 e. The number of nitrogens with zero attached hydrogens (tertiary/aromatic N) is 1. The Morgan fingerprint density at radius 2 is 1.89 bits per heavy atom. The molecule has 0 radical (unpaired) electrons. The lowest BCUT2D eigenvalue weighted by molar-refractivity contribution is -0.135. The highest BCUT2D eigenvalue weighted by Crippen LogP contribution is 2.58. The number of amides is 3. The summed E-state index contributed by atoms with van der Waals surface area (Å²) in [7, 11) is 0. The molecule has 4 heterocycles. The first kappa shape index (κ1) is 29.6. The van der Waals surface area contributed by atoms with Crippen molar-refractivity contribution in [2.24, 2.45) is 11.8 Å². The molecule has 3 aliphatic rings. The first-order chi connectivity index (χ1) is 21.1. The van der Waals surface area contributed by atoms with Crippen molar-refractivity contribution in [3.05, 3.63) is 76.5 Å². The van der Waals surface area contributed by atoms with Gasteiger partial charge in [-0.05, 0) is 35.1 Å². The molecule has 3 aliphatic heterocycles. The number of carbonyl (C=O) groups excluding carboxylic acids is 3. The van der Waals surface area contributed by atoms with E-state index in [1.807, 2.05) is 50.2 Å². The van der Waals surface area contributed by atoms with Crippen molar-refractivity contribution in [1.82, 2.24) is 20.9 Å². The Kier molecular flexibility index (Phi) is 7.58. The van der Waals surface area contributed by atoms with Gasteiger partial charge in [-0.15, -0.1) is 0 Å². The Morgan fingerprint density at radius 1 is 1.11 bits per heavy atom. The molecule has 6 rings (SSSR count). The molecule has 1 spiro atoms. The van der Waals surface area contributed by atoms with Crippen molar-refractivity contribution in [1.29, 1.82) is 0 Å². The molecular formula is C32H37N5O7. The predicted octanol–water partition coefficient (Wildman–Crippen LogP) is 1.75. The van der Waals surface area contributed by atoms with Gasteiger partial charge in [0.2, 0.25) is 17.7 Å². The number of aliphatic hydroxyl groups excluding tert-OH is 2. The molecule has 0 saturated heterocycles. The van der Waals surface area contributed by atoms with E-state index >= 15 is 0 Å². The van der Waals surface area contributed by atoms with Gasteiger partial charge in [0.25, 0.3) is 5.91 Å². The minimum atomic E-state index is -1.29. The molecule has 2 aromatic carbocycles.